The third-order valence-electron chi connectivity index (χ3n) is 2.29. The molecule has 2 unspecified atom stereocenters. The highest BCUT2D eigenvalue weighted by atomic mass is 127. The lowest BCUT2D eigenvalue weighted by molar-refractivity contribution is -0.141. The zero-order valence-corrected chi connectivity index (χ0v) is 7.76. The topological polar surface area (TPSA) is 26.3 Å². The summed E-state index contributed by atoms with van der Waals surface area (Å²) in [5, 5.41) is 0. The van der Waals surface area contributed by atoms with Gasteiger partial charge in [0.15, 0.2) is 0 Å². The molecule has 2 bridgehead atoms. The molecule has 0 aromatic carbocycles. The number of carbonyl (C=O) groups excluding carboxylic acids is 1. The van der Waals surface area contributed by atoms with Crippen molar-refractivity contribution in [3.05, 3.63) is 0 Å². The van der Waals surface area contributed by atoms with Gasteiger partial charge in [-0.25, -0.2) is 0 Å². The van der Waals surface area contributed by atoms with E-state index in [1.807, 2.05) is 0 Å². The van der Waals surface area contributed by atoms with Crippen molar-refractivity contribution >= 4 is 28.6 Å². The van der Waals surface area contributed by atoms with E-state index in [1.54, 1.807) is 0 Å². The van der Waals surface area contributed by atoms with Crippen LogP contribution in [0.1, 0.15) is 25.7 Å². The maximum absolute atomic E-state index is 11.1. The van der Waals surface area contributed by atoms with Crippen molar-refractivity contribution in [3.8, 4) is 0 Å². The van der Waals surface area contributed by atoms with Crippen molar-refractivity contribution in [3.63, 3.8) is 0 Å². The van der Waals surface area contributed by atoms with Crippen LogP contribution >= 0.6 is 22.6 Å². The SMILES string of the molecule is O=C1OC2CCCC1(I)C2. The van der Waals surface area contributed by atoms with Gasteiger partial charge in [-0.3, -0.25) is 4.79 Å². The smallest absolute Gasteiger partial charge is 0.322 e. The van der Waals surface area contributed by atoms with Crippen LogP contribution in [0.4, 0.5) is 0 Å². The van der Waals surface area contributed by atoms with Crippen LogP contribution in [0, 0.1) is 0 Å². The normalized spacial score (nSPS) is 45.3. The Kier molecular flexibility index (Phi) is 1.44. The Morgan fingerprint density at radius 2 is 2.50 bits per heavy atom. The van der Waals surface area contributed by atoms with Crippen LogP contribution in [-0.2, 0) is 9.53 Å². The van der Waals surface area contributed by atoms with Crippen LogP contribution in [0.15, 0.2) is 0 Å². The monoisotopic (exact) mass is 252 g/mol. The van der Waals surface area contributed by atoms with Gasteiger partial charge in [0, 0.05) is 6.42 Å². The van der Waals surface area contributed by atoms with E-state index in [2.05, 4.69) is 22.6 Å². The third-order valence-corrected chi connectivity index (χ3v) is 3.71. The molecule has 3 heteroatoms. The Labute approximate surface area is 73.5 Å². The molecule has 56 valence electrons. The Bertz CT molecular complexity index is 180. The molecule has 1 aliphatic carbocycles. The summed E-state index contributed by atoms with van der Waals surface area (Å²) in [6.45, 7) is 0. The molecule has 0 spiro atoms. The van der Waals surface area contributed by atoms with Crippen LogP contribution in [0.3, 0.4) is 0 Å². The fraction of sp³-hybridized carbons (Fsp3) is 0.857. The number of esters is 1. The van der Waals surface area contributed by atoms with Gasteiger partial charge in [0.1, 0.15) is 9.53 Å². The summed E-state index contributed by atoms with van der Waals surface area (Å²) >= 11 is 2.25. The van der Waals surface area contributed by atoms with E-state index in [1.165, 1.54) is 0 Å². The summed E-state index contributed by atoms with van der Waals surface area (Å²) in [6.07, 6.45) is 4.45. The van der Waals surface area contributed by atoms with Crippen molar-refractivity contribution in [2.24, 2.45) is 0 Å². The summed E-state index contributed by atoms with van der Waals surface area (Å²) in [5.41, 5.74) is 0. The molecule has 0 N–H and O–H groups in total. The molecule has 0 radical (unpaired) electrons. The molecular formula is C7H9IO2. The number of hydrogen-bond acceptors (Lipinski definition) is 2. The minimum Gasteiger partial charge on any atom is -0.461 e. The highest BCUT2D eigenvalue weighted by Crippen LogP contribution is 2.44. The summed E-state index contributed by atoms with van der Waals surface area (Å²) in [7, 11) is 0. The van der Waals surface area contributed by atoms with Gasteiger partial charge in [0.25, 0.3) is 0 Å². The second-order valence-electron chi connectivity index (χ2n) is 3.09. The molecule has 2 nitrogen and oxygen atoms in total. The van der Waals surface area contributed by atoms with Gasteiger partial charge in [-0.2, -0.15) is 0 Å². The largest absolute Gasteiger partial charge is 0.461 e. The van der Waals surface area contributed by atoms with E-state index < -0.39 is 0 Å². The van der Waals surface area contributed by atoms with Crippen LogP contribution in [0.5, 0.6) is 0 Å². The summed E-state index contributed by atoms with van der Waals surface area (Å²) < 4.78 is 5.00. The maximum Gasteiger partial charge on any atom is 0.322 e. The molecule has 1 heterocycles. The first kappa shape index (κ1) is 6.88. The van der Waals surface area contributed by atoms with Gasteiger partial charge >= 0.3 is 5.97 Å². The fourth-order valence-corrected chi connectivity index (χ4v) is 2.72. The van der Waals surface area contributed by atoms with Crippen LogP contribution in [0.2, 0.25) is 0 Å². The molecule has 2 fully saturated rings. The van der Waals surface area contributed by atoms with Gasteiger partial charge in [-0.05, 0) is 19.3 Å². The molecule has 1 aliphatic heterocycles. The molecular weight excluding hydrogens is 243 g/mol. The number of hydrogen-bond donors (Lipinski definition) is 0. The molecule has 1 saturated carbocycles. The number of alkyl halides is 1. The Hall–Kier alpha value is 0.200. The predicted octanol–water partition coefficient (Wildman–Crippen LogP) is 1.66. The first-order valence-corrected chi connectivity index (χ1v) is 4.69. The average Bonchev–Trinajstić information content (AvgIpc) is 2.04. The van der Waals surface area contributed by atoms with Crippen molar-refractivity contribution in [1.82, 2.24) is 0 Å². The standard InChI is InChI=1S/C7H9IO2/c8-7-3-1-2-5(4-7)10-6(7)9/h5H,1-4H2. The second-order valence-corrected chi connectivity index (χ2v) is 5.15. The molecule has 10 heavy (non-hydrogen) atoms. The lowest BCUT2D eigenvalue weighted by Crippen LogP contribution is -2.27. The van der Waals surface area contributed by atoms with E-state index >= 15 is 0 Å². The number of halogens is 1. The zero-order chi connectivity index (χ0) is 7.19. The number of ether oxygens (including phenoxy) is 1. The second kappa shape index (κ2) is 2.09. The minimum atomic E-state index is -0.138. The molecule has 2 aliphatic rings. The fourth-order valence-electron chi connectivity index (χ4n) is 1.72. The first-order chi connectivity index (χ1) is 4.71. The number of rotatable bonds is 0. The average molecular weight is 252 g/mol. The first-order valence-electron chi connectivity index (χ1n) is 3.61. The van der Waals surface area contributed by atoms with Gasteiger partial charge in [0.05, 0.1) is 0 Å². The van der Waals surface area contributed by atoms with E-state index in [0.29, 0.717) is 0 Å². The molecule has 2 rings (SSSR count). The quantitative estimate of drug-likeness (QED) is 0.372. The number of fused-ring (bicyclic) bond motifs is 2. The Morgan fingerprint density at radius 1 is 1.70 bits per heavy atom. The van der Waals surface area contributed by atoms with Crippen LogP contribution < -0.4 is 0 Å². The maximum atomic E-state index is 11.1. The van der Waals surface area contributed by atoms with Gasteiger partial charge in [0.2, 0.25) is 0 Å². The van der Waals surface area contributed by atoms with Crippen LogP contribution in [0.25, 0.3) is 0 Å². The van der Waals surface area contributed by atoms with E-state index in [0.717, 1.165) is 25.7 Å². The van der Waals surface area contributed by atoms with Crippen molar-refractivity contribution in [1.29, 1.82) is 0 Å². The molecule has 0 amide bonds. The minimum absolute atomic E-state index is 0.0237. The van der Waals surface area contributed by atoms with Crippen molar-refractivity contribution < 1.29 is 9.53 Å². The summed E-state index contributed by atoms with van der Waals surface area (Å²) in [4.78, 5) is 11.1. The van der Waals surface area contributed by atoms with Gasteiger partial charge in [-0.15, -0.1) is 0 Å². The molecule has 0 aromatic heterocycles. The third kappa shape index (κ3) is 0.863. The van der Waals surface area contributed by atoms with E-state index in [-0.39, 0.29) is 15.5 Å². The lowest BCUT2D eigenvalue weighted by atomic mass is 9.90. The van der Waals surface area contributed by atoms with E-state index in [4.69, 9.17) is 4.74 Å². The lowest BCUT2D eigenvalue weighted by Gasteiger charge is -2.20. The summed E-state index contributed by atoms with van der Waals surface area (Å²) in [6, 6.07) is 0. The Balaban J connectivity index is 2.26. The van der Waals surface area contributed by atoms with Crippen molar-refractivity contribution in [2.75, 3.05) is 0 Å². The van der Waals surface area contributed by atoms with Crippen LogP contribution in [-0.4, -0.2) is 15.5 Å². The van der Waals surface area contributed by atoms with Gasteiger partial charge in [-0.1, -0.05) is 22.6 Å². The Morgan fingerprint density at radius 3 is 3.10 bits per heavy atom. The highest BCUT2D eigenvalue weighted by molar-refractivity contribution is 14.1. The molecule has 1 saturated heterocycles. The highest BCUT2D eigenvalue weighted by Gasteiger charge is 2.49. The van der Waals surface area contributed by atoms with E-state index in [9.17, 15) is 4.79 Å². The zero-order valence-electron chi connectivity index (χ0n) is 5.60. The molecule has 2 atom stereocenters. The number of carbonyl (C=O) groups is 1. The van der Waals surface area contributed by atoms with Crippen molar-refractivity contribution in [2.45, 2.75) is 35.2 Å². The predicted molar refractivity (Wildman–Crippen MR) is 45.1 cm³/mol. The summed E-state index contributed by atoms with van der Waals surface area (Å²) in [5.74, 6) is 0.0237. The van der Waals surface area contributed by atoms with Gasteiger partial charge < -0.3 is 4.74 Å². The molecule has 0 aromatic rings.